The zero-order chi connectivity index (χ0) is 75.0. The summed E-state index contributed by atoms with van der Waals surface area (Å²) in [7, 11) is 0. The Morgan fingerprint density at radius 1 is 0.400 bits per heavy atom. The fraction of sp³-hybridized carbons (Fsp3) is 0.300. The predicted molar refractivity (Wildman–Crippen MR) is 389 cm³/mol. The van der Waals surface area contributed by atoms with Gasteiger partial charge in [0.05, 0.1) is 6.10 Å². The van der Waals surface area contributed by atoms with Gasteiger partial charge in [0, 0.05) is 50.5 Å². The summed E-state index contributed by atoms with van der Waals surface area (Å²) < 4.78 is 0. The number of benzene rings is 7. The molecule has 7 aromatic rings. The molecule has 0 aliphatic carbocycles. The highest BCUT2D eigenvalue weighted by atomic mass is 16.4. The summed E-state index contributed by atoms with van der Waals surface area (Å²) in [5.41, 5.74) is 8.48. The number of hydrogen-bond donors (Lipinski definition) is 14. The van der Waals surface area contributed by atoms with Crippen LogP contribution in [-0.2, 0) is 54.5 Å². The minimum Gasteiger partial charge on any atom is -0.508 e. The maximum Gasteiger partial charge on any atom is 0.328 e. The molecule has 20 nitrogen and oxygen atoms in total. The molecule has 0 bridgehead atoms. The molecule has 0 aliphatic heterocycles. The van der Waals surface area contributed by atoms with Crippen LogP contribution in [-0.4, -0.2) is 119 Å². The van der Waals surface area contributed by atoms with Crippen molar-refractivity contribution < 1.29 is 100 Å². The van der Waals surface area contributed by atoms with E-state index in [4.69, 9.17) is 51.1 Å². The number of carbonyl (C=O) groups excluding carboxylic acids is 3. The zero-order valence-corrected chi connectivity index (χ0v) is 57.7. The van der Waals surface area contributed by atoms with Gasteiger partial charge in [-0.15, -0.1) is 0 Å². The number of ketones is 3. The molecular weight excluding hydrogens is 1280 g/mol. The Balaban J connectivity index is 0.000000590. The Labute approximate surface area is 585 Å². The maximum absolute atomic E-state index is 11.8. The van der Waals surface area contributed by atoms with Crippen molar-refractivity contribution >= 4 is 53.5 Å². The van der Waals surface area contributed by atoms with Gasteiger partial charge in [0.25, 0.3) is 0 Å². The topological polar surface area (TPSA) is 386 Å². The number of phenolic OH excluding ortho intramolecular Hbond substituents is 9. The van der Waals surface area contributed by atoms with E-state index in [1.54, 1.807) is 74.5 Å². The Hall–Kier alpha value is -11.0. The van der Waals surface area contributed by atoms with E-state index in [2.05, 4.69) is 13.8 Å². The van der Waals surface area contributed by atoms with Crippen molar-refractivity contribution in [2.45, 2.75) is 150 Å². The number of aryl methyl sites for hydroxylation is 6. The van der Waals surface area contributed by atoms with Gasteiger partial charge in [-0.3, -0.25) is 9.59 Å². The fourth-order valence-electron chi connectivity index (χ4n) is 8.56. The van der Waals surface area contributed by atoms with Crippen LogP contribution in [0.3, 0.4) is 0 Å². The van der Waals surface area contributed by atoms with Crippen molar-refractivity contribution in [2.24, 2.45) is 0 Å². The lowest BCUT2D eigenvalue weighted by Gasteiger charge is -2.09. The highest BCUT2D eigenvalue weighted by Gasteiger charge is 2.12. The van der Waals surface area contributed by atoms with E-state index in [0.29, 0.717) is 43.4 Å². The summed E-state index contributed by atoms with van der Waals surface area (Å²) in [6.07, 6.45) is 23.6. The second-order valence-electron chi connectivity index (χ2n) is 23.1. The van der Waals surface area contributed by atoms with E-state index in [0.717, 1.165) is 120 Å². The Bertz CT molecular complexity index is 3660. The number of carbonyl (C=O) groups is 6. The van der Waals surface area contributed by atoms with Gasteiger partial charge in [-0.25, -0.2) is 14.4 Å². The van der Waals surface area contributed by atoms with Gasteiger partial charge in [0.1, 0.15) is 40.3 Å². The van der Waals surface area contributed by atoms with E-state index in [1.165, 1.54) is 79.6 Å². The Morgan fingerprint density at radius 2 is 0.790 bits per heavy atom. The second kappa shape index (κ2) is 50.4. The van der Waals surface area contributed by atoms with Crippen LogP contribution in [0, 0.1) is 20.8 Å². The molecule has 1 atom stereocenters. The van der Waals surface area contributed by atoms with Gasteiger partial charge in [-0.05, 0) is 225 Å². The largest absolute Gasteiger partial charge is 0.508 e. The minimum absolute atomic E-state index is 0.0458. The van der Waals surface area contributed by atoms with Crippen LogP contribution in [0.5, 0.6) is 51.7 Å². The number of phenols is 9. The molecule has 7 rings (SSSR count). The van der Waals surface area contributed by atoms with Gasteiger partial charge in [0.15, 0.2) is 28.8 Å². The molecule has 100 heavy (non-hydrogen) atoms. The fourth-order valence-corrected chi connectivity index (χ4v) is 8.56. The van der Waals surface area contributed by atoms with Gasteiger partial charge in [-0.2, -0.15) is 0 Å². The molecule has 0 aromatic heterocycles. The van der Waals surface area contributed by atoms with Crippen molar-refractivity contribution in [1.82, 2.24) is 0 Å². The number of hydrogen-bond acceptors (Lipinski definition) is 17. The summed E-state index contributed by atoms with van der Waals surface area (Å²) in [4.78, 5) is 64.5. The zero-order valence-electron chi connectivity index (χ0n) is 57.7. The number of carboxylic acids is 3. The van der Waals surface area contributed by atoms with Crippen LogP contribution in [0.1, 0.15) is 153 Å². The summed E-state index contributed by atoms with van der Waals surface area (Å²) in [5.74, 6) is -2.07. The van der Waals surface area contributed by atoms with Crippen LogP contribution < -0.4 is 0 Å². The third kappa shape index (κ3) is 42.6. The van der Waals surface area contributed by atoms with Gasteiger partial charge < -0.3 is 76.3 Å². The van der Waals surface area contributed by atoms with Crippen LogP contribution in [0.4, 0.5) is 0 Å². The normalized spacial score (nSPS) is 10.8. The number of aliphatic hydroxyl groups is 2. The summed E-state index contributed by atoms with van der Waals surface area (Å²) in [6, 6.07) is 37.6. The summed E-state index contributed by atoms with van der Waals surface area (Å²) >= 11 is 0. The van der Waals surface area contributed by atoms with E-state index < -0.39 is 24.0 Å². The van der Waals surface area contributed by atoms with Gasteiger partial charge in [-0.1, -0.05) is 119 Å². The monoisotopic (exact) mass is 1380 g/mol. The number of aromatic hydroxyl groups is 9. The van der Waals surface area contributed by atoms with Gasteiger partial charge in [0.2, 0.25) is 0 Å². The third-order valence-electron chi connectivity index (χ3n) is 14.3. The quantitative estimate of drug-likeness (QED) is 0.0123. The first-order valence-electron chi connectivity index (χ1n) is 32.6. The molecule has 0 amide bonds. The number of Topliss-reactive ketones (excluding diaryl/α,β-unsaturated/α-hetero) is 2. The molecule has 0 spiro atoms. The lowest BCUT2D eigenvalue weighted by atomic mass is 10.0. The molecule has 0 heterocycles. The van der Waals surface area contributed by atoms with Crippen molar-refractivity contribution in [2.75, 3.05) is 6.61 Å². The first-order chi connectivity index (χ1) is 47.4. The number of unbranched alkanes of at least 4 members (excludes halogenated alkanes) is 5. The maximum atomic E-state index is 11.8. The first kappa shape index (κ1) is 87.1. The lowest BCUT2D eigenvalue weighted by Crippen LogP contribution is -2.13. The first-order valence-corrected chi connectivity index (χ1v) is 32.6. The van der Waals surface area contributed by atoms with Crippen LogP contribution in [0.25, 0.3) is 18.2 Å². The van der Waals surface area contributed by atoms with Crippen molar-refractivity contribution in [3.05, 3.63) is 226 Å². The molecule has 20 heteroatoms. The molecule has 0 radical (unpaired) electrons. The second-order valence-corrected chi connectivity index (χ2v) is 23.1. The molecule has 0 aliphatic rings. The molecule has 0 saturated heterocycles. The van der Waals surface area contributed by atoms with Crippen molar-refractivity contribution in [3.63, 3.8) is 0 Å². The van der Waals surface area contributed by atoms with E-state index in [-0.39, 0.29) is 76.4 Å². The summed E-state index contributed by atoms with van der Waals surface area (Å²) in [6.45, 7) is 11.4. The number of carboxylic acid groups (broad SMARTS) is 3. The highest BCUT2D eigenvalue weighted by Crippen LogP contribution is 2.27. The SMILES string of the molecule is CC(=O)CCc1ccc(O)cc1.CCCCC/C=C/C(=O)CCc1ccc(O)c(C)c1.CCCCC[C@H](O)CC(=O)CCc1ccc(O)c(C)c1.Cc1cc(/C=C/C(=O)O)ccc1O.O=C(O)/C=C/c1ccc(O)c(O)c1.O=C(O)/C=C/c1ccc(O)cc1.OCCc1ccc(O)c(O)c1. The van der Waals surface area contributed by atoms with Crippen LogP contribution >= 0.6 is 0 Å². The standard InChI is InChI=1S/C17H26O3.C17H24O2.C10H10O3.C10H12O2.C9H8O4.C9H8O3.C8H10O3/c1-3-4-5-6-15(18)12-16(19)9-7-14-8-10-17(20)13(2)11-14;1-3-4-5-6-7-8-16(18)11-9-15-10-12-17(19)14(2)13-15;1-7-6-8(2-4-9(7)11)3-5-10(12)13;1-8(11)2-3-9-4-6-10(12)7-5-9;10-7-3-1-6(5-8(7)11)2-4-9(12)13;10-8-4-1-7(2-5-8)3-6-9(11)12;9-4-3-6-1-2-7(10)8(11)5-6/h8,10-11,15,18,20H,3-7,9,12H2,1-2H3;7-8,10,12-13,19H,3-6,9,11H2,1-2H3;2-6,11H,1H3,(H,12,13);4-7,12H,2-3H2,1H3;1-5,10-11H,(H,12,13);1-6,10H,(H,11,12);1-2,5,9-11H,3-4H2/b;8-7+;5-3+;;4-2+;6-3+;/t15-;;;;;;/m0....../s1. The van der Waals surface area contributed by atoms with Crippen LogP contribution in [0.15, 0.2) is 170 Å². The summed E-state index contributed by atoms with van der Waals surface area (Å²) in [5, 5.41) is 125. The van der Waals surface area contributed by atoms with E-state index in [9.17, 15) is 49.2 Å². The molecule has 0 unspecified atom stereocenters. The number of aliphatic carboxylic acids is 3. The predicted octanol–water partition coefficient (Wildman–Crippen LogP) is 14.9. The van der Waals surface area contributed by atoms with Crippen LogP contribution in [0.2, 0.25) is 0 Å². The molecule has 7 aromatic carbocycles. The van der Waals surface area contributed by atoms with E-state index in [1.807, 2.05) is 56.3 Å². The van der Waals surface area contributed by atoms with Crippen molar-refractivity contribution in [3.8, 4) is 51.7 Å². The number of allylic oxidation sites excluding steroid dienone is 2. The average molecular weight is 1380 g/mol. The Morgan fingerprint density at radius 3 is 1.24 bits per heavy atom. The molecule has 0 fully saturated rings. The molecule has 0 saturated carbocycles. The lowest BCUT2D eigenvalue weighted by molar-refractivity contribution is -0.132. The number of rotatable bonds is 28. The van der Waals surface area contributed by atoms with Gasteiger partial charge >= 0.3 is 17.9 Å². The third-order valence-corrected chi connectivity index (χ3v) is 14.3. The molecule has 14 N–H and O–H groups in total. The molecule has 538 valence electrons. The minimum atomic E-state index is -1.06. The highest BCUT2D eigenvalue weighted by molar-refractivity contribution is 5.90. The molecular formula is C80H98O20. The van der Waals surface area contributed by atoms with Crippen molar-refractivity contribution in [1.29, 1.82) is 0 Å². The Kier molecular flexibility index (Phi) is 43.9. The smallest absolute Gasteiger partial charge is 0.328 e. The number of aliphatic hydroxyl groups excluding tert-OH is 2. The average Bonchev–Trinajstić information content (AvgIpc) is 0.945. The van der Waals surface area contributed by atoms with E-state index >= 15 is 0 Å².